The van der Waals surface area contributed by atoms with Gasteiger partial charge in [-0.3, -0.25) is 4.79 Å². The number of hydrogen-bond acceptors (Lipinski definition) is 3. The van der Waals surface area contributed by atoms with Gasteiger partial charge in [0, 0.05) is 25.6 Å². The Morgan fingerprint density at radius 1 is 0.771 bits per heavy atom. The van der Waals surface area contributed by atoms with E-state index < -0.39 is 12.1 Å². The van der Waals surface area contributed by atoms with E-state index >= 15 is 0 Å². The summed E-state index contributed by atoms with van der Waals surface area (Å²) in [7, 11) is 1.80. The van der Waals surface area contributed by atoms with Crippen molar-refractivity contribution in [2.75, 3.05) is 7.05 Å². The Morgan fingerprint density at radius 3 is 2.09 bits per heavy atom. The van der Waals surface area contributed by atoms with Gasteiger partial charge < -0.3 is 14.7 Å². The van der Waals surface area contributed by atoms with Gasteiger partial charge in [0.1, 0.15) is 5.75 Å². The number of hydrogen-bond donors (Lipinski definition) is 1. The summed E-state index contributed by atoms with van der Waals surface area (Å²) in [6.45, 7) is 0.497. The summed E-state index contributed by atoms with van der Waals surface area (Å²) >= 11 is 0. The molecule has 0 spiro atoms. The Balaban J connectivity index is 1.43. The predicted octanol–water partition coefficient (Wildman–Crippen LogP) is 5.70. The van der Waals surface area contributed by atoms with Crippen LogP contribution in [0.4, 0.5) is 0 Å². The maximum Gasteiger partial charge on any atom is 0.345 e. The molecule has 1 atom stereocenters. The topological polar surface area (TPSA) is 66.8 Å². The molecular weight excluding hydrogens is 438 g/mol. The van der Waals surface area contributed by atoms with E-state index in [4.69, 9.17) is 4.74 Å². The highest BCUT2D eigenvalue weighted by Crippen LogP contribution is 2.23. The number of carbonyl (C=O) groups excluding carboxylic acids is 1. The Labute approximate surface area is 205 Å². The number of carboxylic acid groups (broad SMARTS) is 1. The van der Waals surface area contributed by atoms with Gasteiger partial charge in [0.25, 0.3) is 5.91 Å². The summed E-state index contributed by atoms with van der Waals surface area (Å²) in [6.07, 6.45) is -0.707. The van der Waals surface area contributed by atoms with Gasteiger partial charge in [-0.2, -0.15) is 0 Å². The van der Waals surface area contributed by atoms with Crippen molar-refractivity contribution in [3.63, 3.8) is 0 Å². The quantitative estimate of drug-likeness (QED) is 0.344. The van der Waals surface area contributed by atoms with Gasteiger partial charge in [-0.15, -0.1) is 0 Å². The first-order chi connectivity index (χ1) is 17.0. The summed E-state index contributed by atoms with van der Waals surface area (Å²) in [5.74, 6) is -0.491. The Bertz CT molecular complexity index is 1270. The largest absolute Gasteiger partial charge is 0.478 e. The fourth-order valence-electron chi connectivity index (χ4n) is 3.89. The molecule has 5 nitrogen and oxygen atoms in total. The van der Waals surface area contributed by atoms with Crippen molar-refractivity contribution in [1.29, 1.82) is 0 Å². The highest BCUT2D eigenvalue weighted by Gasteiger charge is 2.20. The van der Waals surface area contributed by atoms with Gasteiger partial charge >= 0.3 is 5.97 Å². The first-order valence-corrected chi connectivity index (χ1v) is 11.4. The van der Waals surface area contributed by atoms with Crippen LogP contribution in [0.2, 0.25) is 0 Å². The smallest absolute Gasteiger partial charge is 0.345 e. The van der Waals surface area contributed by atoms with Crippen molar-refractivity contribution < 1.29 is 19.4 Å². The average Bonchev–Trinajstić information content (AvgIpc) is 2.89. The SMILES string of the molecule is CN(Cc1cccc(-c2ccc(CC(Oc3ccccc3)C(=O)O)cc2)c1)C(=O)c1ccccc1. The van der Waals surface area contributed by atoms with E-state index in [1.165, 1.54) is 0 Å². The fourth-order valence-corrected chi connectivity index (χ4v) is 3.89. The standard InChI is InChI=1S/C30H27NO4/c1-31(29(32)25-10-4-2-5-11-25)21-23-9-8-12-26(19-23)24-17-15-22(16-18-24)20-28(30(33)34)35-27-13-6-3-7-14-27/h2-19,28H,20-21H2,1H3,(H,33,34). The van der Waals surface area contributed by atoms with E-state index in [9.17, 15) is 14.7 Å². The highest BCUT2D eigenvalue weighted by molar-refractivity contribution is 5.94. The number of amides is 1. The van der Waals surface area contributed by atoms with Crippen molar-refractivity contribution in [2.45, 2.75) is 19.1 Å². The minimum atomic E-state index is -1.00. The average molecular weight is 466 g/mol. The maximum atomic E-state index is 12.7. The summed E-state index contributed by atoms with van der Waals surface area (Å²) in [4.78, 5) is 26.1. The lowest BCUT2D eigenvalue weighted by Crippen LogP contribution is -2.29. The van der Waals surface area contributed by atoms with Gasteiger partial charge in [-0.05, 0) is 52.6 Å². The van der Waals surface area contributed by atoms with E-state index in [1.807, 2.05) is 91.0 Å². The predicted molar refractivity (Wildman–Crippen MR) is 136 cm³/mol. The van der Waals surface area contributed by atoms with E-state index in [0.717, 1.165) is 22.3 Å². The molecule has 4 aromatic rings. The molecule has 0 saturated carbocycles. The van der Waals surface area contributed by atoms with Gasteiger partial charge in [0.05, 0.1) is 0 Å². The molecule has 5 heteroatoms. The van der Waals surface area contributed by atoms with Crippen LogP contribution in [0.15, 0.2) is 109 Å². The van der Waals surface area contributed by atoms with Crippen LogP contribution in [0.25, 0.3) is 11.1 Å². The maximum absolute atomic E-state index is 12.7. The molecule has 4 rings (SSSR count). The number of para-hydroxylation sites is 1. The monoisotopic (exact) mass is 465 g/mol. The molecule has 0 radical (unpaired) electrons. The number of carbonyl (C=O) groups is 2. The van der Waals surface area contributed by atoms with Gasteiger partial charge in [0.2, 0.25) is 0 Å². The highest BCUT2D eigenvalue weighted by atomic mass is 16.5. The van der Waals surface area contributed by atoms with Crippen molar-refractivity contribution in [1.82, 2.24) is 4.90 Å². The number of aliphatic carboxylic acids is 1. The van der Waals surface area contributed by atoms with Gasteiger partial charge in [-0.25, -0.2) is 4.79 Å². The third-order valence-electron chi connectivity index (χ3n) is 5.72. The molecule has 0 heterocycles. The lowest BCUT2D eigenvalue weighted by Gasteiger charge is -2.18. The van der Waals surface area contributed by atoms with E-state index in [1.54, 1.807) is 24.1 Å². The van der Waals surface area contributed by atoms with Crippen LogP contribution < -0.4 is 4.74 Å². The second-order valence-corrected chi connectivity index (χ2v) is 8.39. The molecule has 1 amide bonds. The summed E-state index contributed by atoms with van der Waals surface area (Å²) in [5.41, 5.74) is 4.62. The molecule has 0 aliphatic heterocycles. The van der Waals surface area contributed by atoms with Gasteiger partial charge in [0.15, 0.2) is 6.10 Å². The van der Waals surface area contributed by atoms with Crippen LogP contribution in [-0.4, -0.2) is 35.0 Å². The van der Waals surface area contributed by atoms with E-state index in [2.05, 4.69) is 6.07 Å². The molecule has 1 N–H and O–H groups in total. The van der Waals surface area contributed by atoms with Crippen molar-refractivity contribution in [3.05, 3.63) is 126 Å². The molecular formula is C30H27NO4. The van der Waals surface area contributed by atoms with Crippen molar-refractivity contribution >= 4 is 11.9 Å². The summed E-state index contributed by atoms with van der Waals surface area (Å²) in [5, 5.41) is 9.59. The van der Waals surface area contributed by atoms with Crippen LogP contribution >= 0.6 is 0 Å². The summed E-state index contributed by atoms with van der Waals surface area (Å²) < 4.78 is 5.67. The zero-order valence-corrected chi connectivity index (χ0v) is 19.5. The lowest BCUT2D eigenvalue weighted by atomic mass is 9.99. The first kappa shape index (κ1) is 23.8. The molecule has 35 heavy (non-hydrogen) atoms. The zero-order chi connectivity index (χ0) is 24.6. The van der Waals surface area contributed by atoms with Crippen LogP contribution in [0.1, 0.15) is 21.5 Å². The fraction of sp³-hybridized carbons (Fsp3) is 0.133. The lowest BCUT2D eigenvalue weighted by molar-refractivity contribution is -0.145. The molecule has 1 unspecified atom stereocenters. The summed E-state index contributed by atoms with van der Waals surface area (Å²) in [6, 6.07) is 34.1. The number of nitrogens with zero attached hydrogens (tertiary/aromatic N) is 1. The van der Waals surface area contributed by atoms with E-state index in [-0.39, 0.29) is 12.3 Å². The normalized spacial score (nSPS) is 11.5. The van der Waals surface area contributed by atoms with Crippen LogP contribution in [0.5, 0.6) is 5.75 Å². The third-order valence-corrected chi connectivity index (χ3v) is 5.72. The second-order valence-electron chi connectivity index (χ2n) is 8.39. The van der Waals surface area contributed by atoms with E-state index in [0.29, 0.717) is 17.9 Å². The van der Waals surface area contributed by atoms with Crippen molar-refractivity contribution in [2.24, 2.45) is 0 Å². The van der Waals surface area contributed by atoms with Crippen LogP contribution in [-0.2, 0) is 17.8 Å². The molecule has 0 fully saturated rings. The van der Waals surface area contributed by atoms with Crippen LogP contribution in [0.3, 0.4) is 0 Å². The molecule has 4 aromatic carbocycles. The molecule has 176 valence electrons. The molecule has 0 aliphatic rings. The van der Waals surface area contributed by atoms with Crippen molar-refractivity contribution in [3.8, 4) is 16.9 Å². The second kappa shape index (κ2) is 11.2. The number of rotatable bonds is 9. The molecule has 0 aliphatic carbocycles. The zero-order valence-electron chi connectivity index (χ0n) is 19.5. The first-order valence-electron chi connectivity index (χ1n) is 11.4. The molecule has 0 saturated heterocycles. The number of carboxylic acids is 1. The Morgan fingerprint density at radius 2 is 1.43 bits per heavy atom. The van der Waals surface area contributed by atoms with Gasteiger partial charge in [-0.1, -0.05) is 78.9 Å². The minimum absolute atomic E-state index is 0.0222. The molecule has 0 bridgehead atoms. The Kier molecular flexibility index (Phi) is 7.58. The Hall–Kier alpha value is -4.38. The minimum Gasteiger partial charge on any atom is -0.478 e. The number of ether oxygens (including phenoxy) is 1. The number of benzene rings is 4. The third kappa shape index (κ3) is 6.36. The van der Waals surface area contributed by atoms with Crippen LogP contribution in [0, 0.1) is 0 Å². The molecule has 0 aromatic heterocycles.